The molecular formula is C26H29N5O2S. The molecule has 176 valence electrons. The fourth-order valence-corrected chi connectivity index (χ4v) is 7.90. The maximum absolute atomic E-state index is 12.9. The molecular weight excluding hydrogens is 446 g/mol. The lowest BCUT2D eigenvalue weighted by atomic mass is 9.95. The molecule has 0 bridgehead atoms. The van der Waals surface area contributed by atoms with E-state index in [1.165, 1.54) is 43.9 Å². The van der Waals surface area contributed by atoms with E-state index in [1.54, 1.807) is 11.3 Å². The quantitative estimate of drug-likeness (QED) is 0.448. The summed E-state index contributed by atoms with van der Waals surface area (Å²) >= 11 is 1.67. The maximum Gasteiger partial charge on any atom is 0.261 e. The zero-order valence-corrected chi connectivity index (χ0v) is 19.9. The Morgan fingerprint density at radius 2 is 1.85 bits per heavy atom. The van der Waals surface area contributed by atoms with Crippen molar-refractivity contribution in [3.05, 3.63) is 41.2 Å². The van der Waals surface area contributed by atoms with Gasteiger partial charge >= 0.3 is 0 Å². The molecule has 4 heterocycles. The van der Waals surface area contributed by atoms with Crippen molar-refractivity contribution in [1.82, 2.24) is 19.5 Å². The molecule has 4 aromatic rings. The minimum atomic E-state index is -0.169. The minimum absolute atomic E-state index is 0.0813. The second kappa shape index (κ2) is 7.92. The summed E-state index contributed by atoms with van der Waals surface area (Å²) in [5.41, 5.74) is 3.94. The van der Waals surface area contributed by atoms with Gasteiger partial charge in [0.2, 0.25) is 0 Å². The molecule has 2 N–H and O–H groups in total. The van der Waals surface area contributed by atoms with Gasteiger partial charge in [0.15, 0.2) is 0 Å². The van der Waals surface area contributed by atoms with Crippen LogP contribution in [-0.4, -0.2) is 43.8 Å². The van der Waals surface area contributed by atoms with Gasteiger partial charge in [-0.1, -0.05) is 25.3 Å². The van der Waals surface area contributed by atoms with E-state index >= 15 is 0 Å². The topological polar surface area (TPSA) is 87.0 Å². The summed E-state index contributed by atoms with van der Waals surface area (Å²) < 4.78 is 2.36. The molecule has 0 spiro atoms. The number of H-pyrrole nitrogens is 1. The number of aromatic nitrogens is 4. The molecule has 1 saturated heterocycles. The number of aliphatic hydroxyl groups excluding tert-OH is 1. The van der Waals surface area contributed by atoms with Crippen LogP contribution < -0.4 is 10.5 Å². The summed E-state index contributed by atoms with van der Waals surface area (Å²) in [5.74, 6) is 1.01. The first-order valence-corrected chi connectivity index (χ1v) is 13.4. The van der Waals surface area contributed by atoms with E-state index in [2.05, 4.69) is 37.6 Å². The molecule has 1 unspecified atom stereocenters. The number of nitrogens with one attached hydrogen (secondary N) is 1. The first-order chi connectivity index (χ1) is 16.7. The number of rotatable bonds is 3. The Balaban J connectivity index is 1.30. The zero-order valence-electron chi connectivity index (χ0n) is 19.1. The largest absolute Gasteiger partial charge is 0.393 e. The smallest absolute Gasteiger partial charge is 0.261 e. The fraction of sp³-hybridized carbons (Fsp3) is 0.500. The average molecular weight is 476 g/mol. The molecule has 3 aliphatic rings. The SMILES string of the molecule is O=c1[nH]cnc2c(-c3ccc4c(c3)ncn4C3CCCCC3)sc(N3C[C@H]4CC(O)C[C@H]4C3)c12. The first kappa shape index (κ1) is 20.6. The summed E-state index contributed by atoms with van der Waals surface area (Å²) in [7, 11) is 0. The maximum atomic E-state index is 12.9. The van der Waals surface area contributed by atoms with Crippen LogP contribution in [0.25, 0.3) is 32.4 Å². The molecule has 0 radical (unpaired) electrons. The third-order valence-corrected chi connectivity index (χ3v) is 9.59. The molecule has 2 aliphatic carbocycles. The van der Waals surface area contributed by atoms with Crippen LogP contribution in [0, 0.1) is 11.8 Å². The fourth-order valence-electron chi connectivity index (χ4n) is 6.64. The Kier molecular flexibility index (Phi) is 4.81. The lowest BCUT2D eigenvalue weighted by Gasteiger charge is -2.23. The van der Waals surface area contributed by atoms with Crippen molar-refractivity contribution in [3.8, 4) is 10.4 Å². The third-order valence-electron chi connectivity index (χ3n) is 8.30. The van der Waals surface area contributed by atoms with Crippen LogP contribution in [0.4, 0.5) is 5.00 Å². The Hall–Kier alpha value is -2.71. The van der Waals surface area contributed by atoms with Crippen molar-refractivity contribution in [2.24, 2.45) is 11.8 Å². The second-order valence-electron chi connectivity index (χ2n) is 10.4. The van der Waals surface area contributed by atoms with E-state index in [4.69, 9.17) is 4.98 Å². The number of aromatic amines is 1. The van der Waals surface area contributed by atoms with E-state index < -0.39 is 0 Å². The molecule has 7 nitrogen and oxygen atoms in total. The number of fused-ring (bicyclic) bond motifs is 3. The Morgan fingerprint density at radius 3 is 2.65 bits per heavy atom. The molecule has 3 aromatic heterocycles. The highest BCUT2D eigenvalue weighted by Crippen LogP contribution is 2.47. The van der Waals surface area contributed by atoms with Gasteiger partial charge in [-0.3, -0.25) is 4.79 Å². The number of thiophene rings is 1. The van der Waals surface area contributed by atoms with Crippen LogP contribution in [0.15, 0.2) is 35.6 Å². The summed E-state index contributed by atoms with van der Waals surface area (Å²) in [4.78, 5) is 28.5. The summed E-state index contributed by atoms with van der Waals surface area (Å²) in [6, 6.07) is 7.05. The van der Waals surface area contributed by atoms with Crippen molar-refractivity contribution in [3.63, 3.8) is 0 Å². The summed E-state index contributed by atoms with van der Waals surface area (Å²) in [5, 5.41) is 11.7. The van der Waals surface area contributed by atoms with Crippen LogP contribution in [0.5, 0.6) is 0 Å². The normalized spacial score (nSPS) is 25.6. The van der Waals surface area contributed by atoms with E-state index in [0.29, 0.717) is 23.3 Å². The van der Waals surface area contributed by atoms with Gasteiger partial charge in [0.05, 0.1) is 40.2 Å². The van der Waals surface area contributed by atoms with Crippen LogP contribution >= 0.6 is 11.3 Å². The van der Waals surface area contributed by atoms with E-state index in [1.807, 2.05) is 6.33 Å². The molecule has 8 heteroatoms. The van der Waals surface area contributed by atoms with Gasteiger partial charge in [-0.05, 0) is 55.2 Å². The molecule has 3 atom stereocenters. The van der Waals surface area contributed by atoms with E-state index in [0.717, 1.165) is 52.4 Å². The first-order valence-electron chi connectivity index (χ1n) is 12.6. The standard InChI is InChI=1S/C26H29N5O2S/c32-19-8-16-11-30(12-17(16)9-19)26-22-23(27-13-28-25(22)33)24(34-26)15-6-7-21-20(10-15)29-14-31(21)18-4-2-1-3-5-18/h6-7,10,13-14,16-19,32H,1-5,8-9,11-12H2,(H,27,28,33)/t16-,17+,19?. The number of anilines is 1. The highest BCUT2D eigenvalue weighted by atomic mass is 32.1. The predicted molar refractivity (Wildman–Crippen MR) is 136 cm³/mol. The zero-order chi connectivity index (χ0) is 22.8. The van der Waals surface area contributed by atoms with Crippen LogP contribution in [-0.2, 0) is 0 Å². The number of hydrogen-bond donors (Lipinski definition) is 2. The van der Waals surface area contributed by atoms with Gasteiger partial charge in [-0.2, -0.15) is 0 Å². The Bertz CT molecular complexity index is 1420. The monoisotopic (exact) mass is 475 g/mol. The number of hydrogen-bond acceptors (Lipinski definition) is 6. The lowest BCUT2D eigenvalue weighted by Crippen LogP contribution is -2.23. The van der Waals surface area contributed by atoms with Gasteiger partial charge in [0.1, 0.15) is 10.4 Å². The van der Waals surface area contributed by atoms with Crippen molar-refractivity contribution < 1.29 is 5.11 Å². The Morgan fingerprint density at radius 1 is 1.06 bits per heavy atom. The predicted octanol–water partition coefficient (Wildman–Crippen LogP) is 4.71. The number of imidazole rings is 1. The van der Waals surface area contributed by atoms with Gasteiger partial charge in [-0.15, -0.1) is 11.3 Å². The molecule has 34 heavy (non-hydrogen) atoms. The molecule has 1 aliphatic heterocycles. The van der Waals surface area contributed by atoms with Gasteiger partial charge in [-0.25, -0.2) is 9.97 Å². The molecule has 1 aromatic carbocycles. The second-order valence-corrected chi connectivity index (χ2v) is 11.4. The third kappa shape index (κ3) is 3.22. The number of benzene rings is 1. The molecule has 0 amide bonds. The highest BCUT2D eigenvalue weighted by molar-refractivity contribution is 7.21. The minimum Gasteiger partial charge on any atom is -0.393 e. The van der Waals surface area contributed by atoms with E-state index in [9.17, 15) is 9.90 Å². The lowest BCUT2D eigenvalue weighted by molar-refractivity contribution is 0.174. The van der Waals surface area contributed by atoms with Crippen molar-refractivity contribution in [2.75, 3.05) is 18.0 Å². The van der Waals surface area contributed by atoms with Gasteiger partial charge in [0, 0.05) is 19.1 Å². The van der Waals surface area contributed by atoms with Crippen LogP contribution in [0.3, 0.4) is 0 Å². The van der Waals surface area contributed by atoms with Crippen molar-refractivity contribution in [1.29, 1.82) is 0 Å². The van der Waals surface area contributed by atoms with Gasteiger partial charge in [0.25, 0.3) is 5.56 Å². The molecule has 7 rings (SSSR count). The average Bonchev–Trinajstić information content (AvgIpc) is 3.60. The number of nitrogens with zero attached hydrogens (tertiary/aromatic N) is 4. The van der Waals surface area contributed by atoms with Crippen molar-refractivity contribution >= 4 is 38.3 Å². The highest BCUT2D eigenvalue weighted by Gasteiger charge is 2.41. The van der Waals surface area contributed by atoms with Crippen LogP contribution in [0.1, 0.15) is 51.0 Å². The molecule has 3 fully saturated rings. The molecule has 2 saturated carbocycles. The van der Waals surface area contributed by atoms with Crippen molar-refractivity contribution in [2.45, 2.75) is 57.1 Å². The summed E-state index contributed by atoms with van der Waals surface area (Å²) in [6.45, 7) is 1.80. The number of aliphatic hydroxyl groups is 1. The Labute approximate surface area is 201 Å². The summed E-state index contributed by atoms with van der Waals surface area (Å²) in [6.07, 6.45) is 11.5. The van der Waals surface area contributed by atoms with Gasteiger partial charge < -0.3 is 19.6 Å². The van der Waals surface area contributed by atoms with E-state index in [-0.39, 0.29) is 11.7 Å². The van der Waals surface area contributed by atoms with Crippen LogP contribution in [0.2, 0.25) is 0 Å².